The number of nitrogens with one attached hydrogen (secondary N) is 2. The first-order valence-electron chi connectivity index (χ1n) is 10.2. The Hall–Kier alpha value is -2.50. The number of hydrogen-bond acceptors (Lipinski definition) is 4. The maximum Gasteiger partial charge on any atom is 0.258 e. The number of benzene rings is 1. The summed E-state index contributed by atoms with van der Waals surface area (Å²) in [6, 6.07) is 5.66. The van der Waals surface area contributed by atoms with Gasteiger partial charge in [0.1, 0.15) is 5.82 Å². The van der Waals surface area contributed by atoms with Gasteiger partial charge in [-0.05, 0) is 86.0 Å². The lowest BCUT2D eigenvalue weighted by Crippen LogP contribution is -2.49. The van der Waals surface area contributed by atoms with E-state index in [1.54, 1.807) is 0 Å². The Labute approximate surface area is 164 Å². The molecule has 4 aliphatic carbocycles. The van der Waals surface area contributed by atoms with Crippen molar-refractivity contribution < 1.29 is 9.18 Å². The number of carbonyl (C=O) groups excluding carboxylic acids is 1. The molecule has 2 N–H and O–H groups in total. The van der Waals surface area contributed by atoms with Crippen LogP contribution >= 0.6 is 0 Å². The maximum absolute atomic E-state index is 13.0. The Morgan fingerprint density at radius 3 is 2.14 bits per heavy atom. The number of hydrogen-bond donors (Lipinski definition) is 2. The molecule has 0 aliphatic heterocycles. The van der Waals surface area contributed by atoms with Gasteiger partial charge in [0.15, 0.2) is 0 Å². The van der Waals surface area contributed by atoms with Gasteiger partial charge in [-0.1, -0.05) is 0 Å². The zero-order valence-corrected chi connectivity index (χ0v) is 15.8. The Kier molecular flexibility index (Phi) is 4.29. The summed E-state index contributed by atoms with van der Waals surface area (Å²) in [4.78, 5) is 21.0. The van der Waals surface area contributed by atoms with Crippen molar-refractivity contribution >= 4 is 17.5 Å². The highest BCUT2D eigenvalue weighted by atomic mass is 19.1. The second-order valence-corrected chi connectivity index (χ2v) is 9.03. The largest absolute Gasteiger partial charge is 0.354 e. The summed E-state index contributed by atoms with van der Waals surface area (Å²) in [6.07, 6.45) is 11.4. The molecule has 6 heteroatoms. The molecule has 4 fully saturated rings. The molecule has 4 saturated carbocycles. The first-order valence-corrected chi connectivity index (χ1v) is 10.2. The Bertz CT molecular complexity index is 830. The second-order valence-electron chi connectivity index (χ2n) is 9.03. The van der Waals surface area contributed by atoms with Gasteiger partial charge >= 0.3 is 0 Å². The minimum Gasteiger partial charge on any atom is -0.354 e. The molecular weight excluding hydrogens is 355 g/mol. The van der Waals surface area contributed by atoms with Crippen LogP contribution in [0.3, 0.4) is 0 Å². The smallest absolute Gasteiger partial charge is 0.258 e. The van der Waals surface area contributed by atoms with Crippen molar-refractivity contribution in [3.8, 4) is 0 Å². The minimum atomic E-state index is -0.337. The molecule has 1 aromatic carbocycles. The van der Waals surface area contributed by atoms with Gasteiger partial charge in [0.25, 0.3) is 5.91 Å². The van der Waals surface area contributed by atoms with Crippen LogP contribution in [0.25, 0.3) is 0 Å². The van der Waals surface area contributed by atoms with E-state index in [-0.39, 0.29) is 11.7 Å². The SMILES string of the molecule is O=C(Nc1ccc(F)cc1)c1cnc(NCC23CC4CC(CC(C4)C2)C3)nc1. The monoisotopic (exact) mass is 380 g/mol. The van der Waals surface area contributed by atoms with Crippen LogP contribution in [0.2, 0.25) is 0 Å². The van der Waals surface area contributed by atoms with Gasteiger partial charge in [-0.3, -0.25) is 4.79 Å². The zero-order valence-electron chi connectivity index (χ0n) is 15.8. The van der Waals surface area contributed by atoms with E-state index in [0.29, 0.717) is 22.6 Å². The van der Waals surface area contributed by atoms with Gasteiger partial charge in [-0.2, -0.15) is 0 Å². The van der Waals surface area contributed by atoms with E-state index in [4.69, 9.17) is 0 Å². The van der Waals surface area contributed by atoms with Gasteiger partial charge in [0.05, 0.1) is 5.56 Å². The summed E-state index contributed by atoms with van der Waals surface area (Å²) in [5, 5.41) is 6.15. The van der Waals surface area contributed by atoms with Gasteiger partial charge in [0, 0.05) is 24.6 Å². The van der Waals surface area contributed by atoms with Gasteiger partial charge < -0.3 is 10.6 Å². The van der Waals surface area contributed by atoms with E-state index in [0.717, 1.165) is 24.3 Å². The molecule has 1 aromatic heterocycles. The van der Waals surface area contributed by atoms with Crippen LogP contribution in [-0.2, 0) is 0 Å². The Morgan fingerprint density at radius 1 is 1.00 bits per heavy atom. The van der Waals surface area contributed by atoms with Crippen molar-refractivity contribution in [2.45, 2.75) is 38.5 Å². The highest BCUT2D eigenvalue weighted by molar-refractivity contribution is 6.03. The van der Waals surface area contributed by atoms with Crippen molar-refractivity contribution in [2.24, 2.45) is 23.2 Å². The summed E-state index contributed by atoms with van der Waals surface area (Å²) in [5.74, 6) is 2.70. The summed E-state index contributed by atoms with van der Waals surface area (Å²) in [7, 11) is 0. The second kappa shape index (κ2) is 6.83. The van der Waals surface area contributed by atoms with Crippen LogP contribution in [0.5, 0.6) is 0 Å². The number of carbonyl (C=O) groups is 1. The van der Waals surface area contributed by atoms with Crippen molar-refractivity contribution in [1.82, 2.24) is 9.97 Å². The highest BCUT2D eigenvalue weighted by Gasteiger charge is 2.50. The van der Waals surface area contributed by atoms with Gasteiger partial charge in [-0.25, -0.2) is 14.4 Å². The van der Waals surface area contributed by atoms with Crippen LogP contribution in [0, 0.1) is 29.0 Å². The van der Waals surface area contributed by atoms with Crippen LogP contribution in [0.15, 0.2) is 36.7 Å². The van der Waals surface area contributed by atoms with E-state index in [2.05, 4.69) is 20.6 Å². The molecule has 4 bridgehead atoms. The predicted octanol–water partition coefficient (Wildman–Crippen LogP) is 4.50. The van der Waals surface area contributed by atoms with Crippen LogP contribution in [-0.4, -0.2) is 22.4 Å². The lowest BCUT2D eigenvalue weighted by atomic mass is 9.49. The van der Waals surface area contributed by atoms with E-state index >= 15 is 0 Å². The molecule has 1 amide bonds. The van der Waals surface area contributed by atoms with Gasteiger partial charge in [0.2, 0.25) is 5.95 Å². The third-order valence-corrected chi connectivity index (χ3v) is 6.80. The molecule has 0 spiro atoms. The first kappa shape index (κ1) is 17.6. The van der Waals surface area contributed by atoms with E-state index in [9.17, 15) is 9.18 Å². The number of aromatic nitrogens is 2. The van der Waals surface area contributed by atoms with Crippen molar-refractivity contribution in [3.05, 3.63) is 48.0 Å². The maximum atomic E-state index is 13.0. The van der Waals surface area contributed by atoms with Crippen LogP contribution in [0.1, 0.15) is 48.9 Å². The number of amides is 1. The topological polar surface area (TPSA) is 66.9 Å². The molecular formula is C22H25FN4O. The highest BCUT2D eigenvalue weighted by Crippen LogP contribution is 2.59. The number of nitrogens with zero attached hydrogens (tertiary/aromatic N) is 2. The molecule has 28 heavy (non-hydrogen) atoms. The number of halogens is 1. The molecule has 0 radical (unpaired) electrons. The van der Waals surface area contributed by atoms with Gasteiger partial charge in [-0.15, -0.1) is 0 Å². The minimum absolute atomic E-state index is 0.306. The lowest BCUT2D eigenvalue weighted by molar-refractivity contribution is -0.0445. The van der Waals surface area contributed by atoms with E-state index in [1.807, 2.05) is 0 Å². The summed E-state index contributed by atoms with van der Waals surface area (Å²) in [6.45, 7) is 0.928. The van der Waals surface area contributed by atoms with Crippen molar-refractivity contribution in [2.75, 3.05) is 17.2 Å². The van der Waals surface area contributed by atoms with Crippen LogP contribution < -0.4 is 10.6 Å². The summed E-state index contributed by atoms with van der Waals surface area (Å²) < 4.78 is 13.0. The average Bonchev–Trinajstić information content (AvgIpc) is 2.68. The Balaban J connectivity index is 1.20. The van der Waals surface area contributed by atoms with Crippen molar-refractivity contribution in [3.63, 3.8) is 0 Å². The molecule has 2 aromatic rings. The normalized spacial score (nSPS) is 30.2. The fourth-order valence-electron chi connectivity index (χ4n) is 6.05. The van der Waals surface area contributed by atoms with E-state index < -0.39 is 0 Å². The van der Waals surface area contributed by atoms with Crippen molar-refractivity contribution in [1.29, 1.82) is 0 Å². The third-order valence-electron chi connectivity index (χ3n) is 6.80. The molecule has 0 unspecified atom stereocenters. The molecule has 0 atom stereocenters. The lowest BCUT2D eigenvalue weighted by Gasteiger charge is -2.56. The molecule has 5 nitrogen and oxygen atoms in total. The van der Waals surface area contributed by atoms with E-state index in [1.165, 1.54) is 75.2 Å². The summed E-state index contributed by atoms with van der Waals surface area (Å²) in [5.41, 5.74) is 1.33. The fourth-order valence-corrected chi connectivity index (χ4v) is 6.05. The molecule has 4 aliphatic rings. The molecule has 1 heterocycles. The summed E-state index contributed by atoms with van der Waals surface area (Å²) >= 11 is 0. The standard InChI is InChI=1S/C22H25FN4O/c23-18-1-3-19(4-2-18)27-20(28)17-11-24-21(25-12-17)26-13-22-8-14-5-15(9-22)7-16(6-14)10-22/h1-4,11-12,14-16H,5-10,13H2,(H,27,28)(H,24,25,26). The first-order chi connectivity index (χ1) is 13.6. The number of anilines is 2. The quantitative estimate of drug-likeness (QED) is 0.802. The predicted molar refractivity (Wildman–Crippen MR) is 105 cm³/mol. The Morgan fingerprint density at radius 2 is 1.57 bits per heavy atom. The third kappa shape index (κ3) is 3.48. The van der Waals surface area contributed by atoms with Crippen LogP contribution in [0.4, 0.5) is 16.0 Å². The molecule has 0 saturated heterocycles. The number of rotatable bonds is 5. The zero-order chi connectivity index (χ0) is 19.1. The average molecular weight is 380 g/mol. The molecule has 6 rings (SSSR count). The molecule has 146 valence electrons. The fraction of sp³-hybridized carbons (Fsp3) is 0.500.